The monoisotopic (exact) mass is 438 g/mol. The first-order valence-electron chi connectivity index (χ1n) is 8.31. The molecule has 0 atom stereocenters. The van der Waals surface area contributed by atoms with Gasteiger partial charge in [-0.05, 0) is 47.2 Å². The van der Waals surface area contributed by atoms with Crippen LogP contribution < -0.4 is 15.8 Å². The van der Waals surface area contributed by atoms with Gasteiger partial charge in [-0.3, -0.25) is 9.59 Å². The maximum absolute atomic E-state index is 12.5. The van der Waals surface area contributed by atoms with Crippen molar-refractivity contribution >= 4 is 44.8 Å². The molecule has 6 nitrogen and oxygen atoms in total. The number of hydrogen-bond donors (Lipinski definition) is 1. The minimum atomic E-state index is -0.275. The van der Waals surface area contributed by atoms with E-state index in [0.717, 1.165) is 36.3 Å². The maximum Gasteiger partial charge on any atom is 0.251 e. The minimum absolute atomic E-state index is 0.0625. The zero-order valence-corrected chi connectivity index (χ0v) is 16.8. The van der Waals surface area contributed by atoms with E-state index in [1.807, 2.05) is 12.1 Å². The van der Waals surface area contributed by atoms with E-state index in [-0.39, 0.29) is 18.0 Å². The van der Waals surface area contributed by atoms with Crippen LogP contribution in [0.5, 0.6) is 0 Å². The number of rotatable bonds is 4. The second kappa shape index (κ2) is 8.24. The highest BCUT2D eigenvalue weighted by Crippen LogP contribution is 2.30. The molecule has 1 amide bonds. The van der Waals surface area contributed by atoms with Crippen molar-refractivity contribution in [3.8, 4) is 0 Å². The first kappa shape index (κ1) is 18.9. The number of anilines is 2. The van der Waals surface area contributed by atoms with Crippen molar-refractivity contribution in [3.05, 3.63) is 56.4 Å². The van der Waals surface area contributed by atoms with Gasteiger partial charge in [-0.2, -0.15) is 0 Å². The second-order valence-electron chi connectivity index (χ2n) is 6.31. The van der Waals surface area contributed by atoms with Crippen molar-refractivity contribution in [1.29, 1.82) is 0 Å². The Labute approximate surface area is 165 Å². The van der Waals surface area contributed by atoms with Gasteiger partial charge in [0.25, 0.3) is 5.56 Å². The average Bonchev–Trinajstić information content (AvgIpc) is 2.59. The summed E-state index contributed by atoms with van der Waals surface area (Å²) in [6.45, 7) is 3.62. The number of nitrogens with one attached hydrogen (secondary N) is 1. The first-order valence-corrected chi connectivity index (χ1v) is 9.48. The zero-order chi connectivity index (χ0) is 18.7. The summed E-state index contributed by atoms with van der Waals surface area (Å²) in [4.78, 5) is 28.9. The topological polar surface area (TPSA) is 57.6 Å². The van der Waals surface area contributed by atoms with Gasteiger partial charge in [-0.25, -0.2) is 0 Å². The van der Waals surface area contributed by atoms with Crippen LogP contribution in [-0.4, -0.2) is 48.6 Å². The lowest BCUT2D eigenvalue weighted by atomic mass is 10.2. The van der Waals surface area contributed by atoms with E-state index in [1.165, 1.54) is 10.6 Å². The molecule has 0 saturated carbocycles. The number of aromatic nitrogens is 1. The Kier molecular flexibility index (Phi) is 6.01. The molecular weight excluding hydrogens is 420 g/mol. The quantitative estimate of drug-likeness (QED) is 0.796. The van der Waals surface area contributed by atoms with Crippen molar-refractivity contribution in [2.45, 2.75) is 6.54 Å². The van der Waals surface area contributed by atoms with E-state index in [1.54, 1.807) is 18.3 Å². The molecule has 0 aliphatic carbocycles. The smallest absolute Gasteiger partial charge is 0.251 e. The Bertz CT molecular complexity index is 863. The van der Waals surface area contributed by atoms with Crippen LogP contribution in [-0.2, 0) is 11.3 Å². The second-order valence-corrected chi connectivity index (χ2v) is 7.67. The van der Waals surface area contributed by atoms with Crippen LogP contribution in [0, 0.1) is 0 Å². The third kappa shape index (κ3) is 4.66. The van der Waals surface area contributed by atoms with Crippen LogP contribution in [0.15, 0.2) is 45.8 Å². The molecule has 138 valence electrons. The summed E-state index contributed by atoms with van der Waals surface area (Å²) in [6, 6.07) is 8.57. The molecule has 1 aromatic carbocycles. The van der Waals surface area contributed by atoms with Gasteiger partial charge in [0.2, 0.25) is 5.91 Å². The fourth-order valence-electron chi connectivity index (χ4n) is 2.90. The van der Waals surface area contributed by atoms with Crippen LogP contribution in [0.4, 0.5) is 11.4 Å². The molecule has 1 aliphatic rings. The molecule has 1 saturated heterocycles. The number of hydrogen-bond acceptors (Lipinski definition) is 4. The van der Waals surface area contributed by atoms with Crippen molar-refractivity contribution in [2.75, 3.05) is 43.4 Å². The molecule has 0 unspecified atom stereocenters. The molecule has 8 heteroatoms. The number of halogens is 2. The third-order valence-electron chi connectivity index (χ3n) is 4.34. The highest BCUT2D eigenvalue weighted by atomic mass is 79.9. The highest BCUT2D eigenvalue weighted by Gasteiger charge is 2.18. The molecule has 1 N–H and O–H groups in total. The molecule has 0 bridgehead atoms. The SMILES string of the molecule is CN1CCN(c2ccc(Cl)cc2NC(=O)Cn2cc(Br)ccc2=O)CC1. The zero-order valence-electron chi connectivity index (χ0n) is 14.4. The highest BCUT2D eigenvalue weighted by molar-refractivity contribution is 9.10. The lowest BCUT2D eigenvalue weighted by Gasteiger charge is -2.35. The molecular formula is C18H20BrClN4O2. The molecule has 1 fully saturated rings. The summed E-state index contributed by atoms with van der Waals surface area (Å²) in [5.74, 6) is -0.275. The van der Waals surface area contributed by atoms with Gasteiger partial charge in [0.05, 0.1) is 11.4 Å². The number of benzene rings is 1. The lowest BCUT2D eigenvalue weighted by molar-refractivity contribution is -0.116. The maximum atomic E-state index is 12.5. The van der Waals surface area contributed by atoms with E-state index in [9.17, 15) is 9.59 Å². The van der Waals surface area contributed by atoms with Gasteiger partial charge in [0.1, 0.15) is 6.54 Å². The Hall–Kier alpha value is -1.83. The standard InChI is InChI=1S/C18H20BrClN4O2/c1-22-6-8-23(9-7-22)16-4-3-14(20)10-15(16)21-17(25)12-24-11-13(19)2-5-18(24)26/h2-5,10-11H,6-9,12H2,1H3,(H,21,25). The van der Waals surface area contributed by atoms with Gasteiger partial charge >= 0.3 is 0 Å². The van der Waals surface area contributed by atoms with Gasteiger partial charge in [0, 0.05) is 47.9 Å². The summed E-state index contributed by atoms with van der Waals surface area (Å²) >= 11 is 9.44. The van der Waals surface area contributed by atoms with Crippen LogP contribution in [0.25, 0.3) is 0 Å². The average molecular weight is 440 g/mol. The molecule has 26 heavy (non-hydrogen) atoms. The first-order chi connectivity index (χ1) is 12.4. The normalized spacial score (nSPS) is 15.1. The van der Waals surface area contributed by atoms with Crippen molar-refractivity contribution in [1.82, 2.24) is 9.47 Å². The van der Waals surface area contributed by atoms with Crippen LogP contribution in [0.1, 0.15) is 0 Å². The third-order valence-corrected chi connectivity index (χ3v) is 5.04. The molecule has 0 spiro atoms. The van der Waals surface area contributed by atoms with Gasteiger partial charge in [-0.15, -0.1) is 0 Å². The van der Waals surface area contributed by atoms with Gasteiger partial charge in [-0.1, -0.05) is 11.6 Å². The summed E-state index contributed by atoms with van der Waals surface area (Å²) in [7, 11) is 2.09. The number of piperazine rings is 1. The largest absolute Gasteiger partial charge is 0.367 e. The summed E-state index contributed by atoms with van der Waals surface area (Å²) in [5, 5.41) is 3.45. The Morgan fingerprint density at radius 1 is 1.19 bits per heavy atom. The molecule has 2 aromatic rings. The van der Waals surface area contributed by atoms with Crippen molar-refractivity contribution in [3.63, 3.8) is 0 Å². The number of carbonyl (C=O) groups is 1. The molecule has 0 radical (unpaired) electrons. The number of carbonyl (C=O) groups excluding carboxylic acids is 1. The molecule has 1 aromatic heterocycles. The molecule has 2 heterocycles. The van der Waals surface area contributed by atoms with Crippen LogP contribution in [0.3, 0.4) is 0 Å². The van der Waals surface area contributed by atoms with E-state index in [2.05, 4.69) is 38.1 Å². The number of pyridine rings is 1. The van der Waals surface area contributed by atoms with Crippen molar-refractivity contribution in [2.24, 2.45) is 0 Å². The number of amides is 1. The Morgan fingerprint density at radius 2 is 1.92 bits per heavy atom. The Balaban J connectivity index is 1.78. The van der Waals surface area contributed by atoms with E-state index in [4.69, 9.17) is 11.6 Å². The molecule has 1 aliphatic heterocycles. The van der Waals surface area contributed by atoms with E-state index in [0.29, 0.717) is 10.7 Å². The van der Waals surface area contributed by atoms with Crippen LogP contribution in [0.2, 0.25) is 5.02 Å². The van der Waals surface area contributed by atoms with E-state index >= 15 is 0 Å². The summed E-state index contributed by atoms with van der Waals surface area (Å²) in [5.41, 5.74) is 1.38. The number of likely N-dealkylation sites (N-methyl/N-ethyl adjacent to an activating group) is 1. The molecule has 3 rings (SSSR count). The van der Waals surface area contributed by atoms with Crippen LogP contribution >= 0.6 is 27.5 Å². The van der Waals surface area contributed by atoms with Gasteiger partial charge < -0.3 is 19.7 Å². The fraction of sp³-hybridized carbons (Fsp3) is 0.333. The Morgan fingerprint density at radius 3 is 2.65 bits per heavy atom. The summed E-state index contributed by atoms with van der Waals surface area (Å²) < 4.78 is 2.10. The summed E-state index contributed by atoms with van der Waals surface area (Å²) in [6.07, 6.45) is 1.60. The predicted octanol–water partition coefficient (Wildman–Crippen LogP) is 2.65. The lowest BCUT2D eigenvalue weighted by Crippen LogP contribution is -2.44. The van der Waals surface area contributed by atoms with Gasteiger partial charge in [0.15, 0.2) is 0 Å². The minimum Gasteiger partial charge on any atom is -0.367 e. The number of nitrogens with zero attached hydrogens (tertiary/aromatic N) is 3. The van der Waals surface area contributed by atoms with Crippen molar-refractivity contribution < 1.29 is 4.79 Å². The fourth-order valence-corrected chi connectivity index (χ4v) is 3.45. The van der Waals surface area contributed by atoms with E-state index < -0.39 is 0 Å². The predicted molar refractivity (Wildman–Crippen MR) is 108 cm³/mol.